The van der Waals surface area contributed by atoms with Crippen LogP contribution in [0.4, 0.5) is 5.82 Å². The summed E-state index contributed by atoms with van der Waals surface area (Å²) in [7, 11) is 0. The molecule has 0 radical (unpaired) electrons. The number of hydrazine groups is 1. The molecule has 11 heteroatoms. The molecule has 5 heterocycles. The van der Waals surface area contributed by atoms with Gasteiger partial charge < -0.3 is 4.74 Å². The van der Waals surface area contributed by atoms with Gasteiger partial charge in [-0.05, 0) is 30.7 Å². The number of morpholine rings is 1. The molecule has 2 aromatic carbocycles. The Labute approximate surface area is 244 Å². The molecule has 4 aromatic heterocycles. The lowest BCUT2D eigenvalue weighted by Gasteiger charge is -2.25. The monoisotopic (exact) mass is 581 g/mol. The molecule has 0 aliphatic carbocycles. The number of carbonyl (C=O) groups excluding carboxylic acids is 1. The van der Waals surface area contributed by atoms with Crippen LogP contribution in [0.5, 0.6) is 0 Å². The number of para-hydroxylation sites is 1. The summed E-state index contributed by atoms with van der Waals surface area (Å²) in [5, 5.41) is 8.64. The second kappa shape index (κ2) is 11.0. The number of fused-ring (bicyclic) bond motifs is 2. The van der Waals surface area contributed by atoms with E-state index in [2.05, 4.69) is 33.3 Å². The molecule has 2 N–H and O–H groups in total. The Morgan fingerprint density at radius 1 is 1.02 bits per heavy atom. The number of nitrogens with zero attached hydrogens (tertiary/aromatic N) is 5. The lowest BCUT2D eigenvalue weighted by Crippen LogP contribution is -2.36. The molecule has 1 saturated heterocycles. The van der Waals surface area contributed by atoms with Crippen molar-refractivity contribution in [3.05, 3.63) is 88.5 Å². The van der Waals surface area contributed by atoms with Gasteiger partial charge in [-0.15, -0.1) is 22.7 Å². The first-order chi connectivity index (χ1) is 20.1. The van der Waals surface area contributed by atoms with Gasteiger partial charge in [0.15, 0.2) is 5.82 Å². The lowest BCUT2D eigenvalue weighted by atomic mass is 10.1. The number of aromatic nitrogens is 4. The second-order valence-electron chi connectivity index (χ2n) is 9.81. The highest BCUT2D eigenvalue weighted by Crippen LogP contribution is 2.37. The Hall–Kier alpha value is -4.16. The van der Waals surface area contributed by atoms with E-state index in [0.717, 1.165) is 56.0 Å². The van der Waals surface area contributed by atoms with Gasteiger partial charge in [0.05, 0.1) is 41.4 Å². The first-order valence-electron chi connectivity index (χ1n) is 13.4. The molecule has 0 unspecified atom stereocenters. The molecule has 0 spiro atoms. The SMILES string of the molecule is Cc1nn(-c2ccccc2)c2sc(C(=O)NNc3nc(CN4CCOCC4)nc4scc(-c5ccccc5)c34)cc12. The fraction of sp³-hybridized carbons (Fsp3) is 0.200. The fourth-order valence-electron chi connectivity index (χ4n) is 5.02. The topological polar surface area (TPSA) is 97.2 Å². The smallest absolute Gasteiger partial charge is 0.279 e. The van der Waals surface area contributed by atoms with E-state index in [1.54, 1.807) is 11.3 Å². The Bertz CT molecular complexity index is 1840. The maximum Gasteiger partial charge on any atom is 0.279 e. The van der Waals surface area contributed by atoms with Crippen LogP contribution >= 0.6 is 22.7 Å². The Morgan fingerprint density at radius 2 is 1.78 bits per heavy atom. The van der Waals surface area contributed by atoms with Crippen LogP contribution in [-0.4, -0.2) is 56.9 Å². The van der Waals surface area contributed by atoms with Crippen molar-refractivity contribution in [3.63, 3.8) is 0 Å². The molecule has 1 amide bonds. The zero-order chi connectivity index (χ0) is 27.8. The average molecular weight is 582 g/mol. The molecule has 1 aliphatic rings. The minimum atomic E-state index is -0.233. The van der Waals surface area contributed by atoms with Crippen LogP contribution in [0.25, 0.3) is 37.2 Å². The van der Waals surface area contributed by atoms with Crippen LogP contribution in [0.1, 0.15) is 21.2 Å². The van der Waals surface area contributed by atoms with Gasteiger partial charge in [0.25, 0.3) is 5.91 Å². The highest BCUT2D eigenvalue weighted by Gasteiger charge is 2.21. The number of hydrogen-bond acceptors (Lipinski definition) is 9. The quantitative estimate of drug-likeness (QED) is 0.235. The standard InChI is InChI=1S/C30H27N7O2S2/c1-19-22-16-24(41-30(22)37(35-19)21-10-6-3-7-11-21)28(38)34-33-27-26-23(20-8-4-2-5-9-20)18-40-29(26)32-25(31-27)17-36-12-14-39-15-13-36/h2-11,16,18H,12-15,17H2,1H3,(H,34,38)(H,31,32,33). The molecular formula is C30H27N7O2S2. The minimum Gasteiger partial charge on any atom is -0.379 e. The fourth-order valence-corrected chi connectivity index (χ4v) is 7.06. The van der Waals surface area contributed by atoms with Crippen LogP contribution in [0, 0.1) is 6.92 Å². The van der Waals surface area contributed by atoms with E-state index < -0.39 is 0 Å². The lowest BCUT2D eigenvalue weighted by molar-refractivity contribution is 0.0331. The number of hydrogen-bond donors (Lipinski definition) is 2. The average Bonchev–Trinajstić information content (AvgIpc) is 3.72. The summed E-state index contributed by atoms with van der Waals surface area (Å²) in [5.41, 5.74) is 10.00. The van der Waals surface area contributed by atoms with E-state index in [9.17, 15) is 4.79 Å². The third-order valence-electron chi connectivity index (χ3n) is 7.10. The number of benzene rings is 2. The first kappa shape index (κ1) is 25.8. The van der Waals surface area contributed by atoms with Crippen molar-refractivity contribution in [2.24, 2.45) is 0 Å². The summed E-state index contributed by atoms with van der Waals surface area (Å²) in [6.07, 6.45) is 0. The van der Waals surface area contributed by atoms with E-state index in [4.69, 9.17) is 19.8 Å². The van der Waals surface area contributed by atoms with Gasteiger partial charge in [-0.25, -0.2) is 14.6 Å². The molecule has 0 saturated carbocycles. The van der Waals surface area contributed by atoms with Crippen molar-refractivity contribution in [1.82, 2.24) is 30.1 Å². The van der Waals surface area contributed by atoms with Gasteiger partial charge >= 0.3 is 0 Å². The summed E-state index contributed by atoms with van der Waals surface area (Å²) in [5.74, 6) is 1.06. The Balaban J connectivity index is 1.20. The number of ether oxygens (including phenoxy) is 1. The number of nitrogens with one attached hydrogen (secondary N) is 2. The maximum atomic E-state index is 13.4. The summed E-state index contributed by atoms with van der Waals surface area (Å²) in [6.45, 7) is 5.67. The highest BCUT2D eigenvalue weighted by molar-refractivity contribution is 7.20. The van der Waals surface area contributed by atoms with Crippen LogP contribution in [0.15, 0.2) is 72.1 Å². The van der Waals surface area contributed by atoms with Gasteiger partial charge in [0, 0.05) is 29.4 Å². The van der Waals surface area contributed by atoms with Crippen molar-refractivity contribution >= 4 is 54.8 Å². The number of rotatable bonds is 7. The van der Waals surface area contributed by atoms with Gasteiger partial charge in [-0.3, -0.25) is 20.5 Å². The molecule has 0 bridgehead atoms. The molecular weight excluding hydrogens is 555 g/mol. The summed E-state index contributed by atoms with van der Waals surface area (Å²) >= 11 is 2.99. The zero-order valence-electron chi connectivity index (χ0n) is 22.3. The third kappa shape index (κ3) is 5.08. The summed E-state index contributed by atoms with van der Waals surface area (Å²) < 4.78 is 7.39. The van der Waals surface area contributed by atoms with Crippen LogP contribution in [0.3, 0.4) is 0 Å². The van der Waals surface area contributed by atoms with E-state index >= 15 is 0 Å². The van der Waals surface area contributed by atoms with Crippen LogP contribution in [-0.2, 0) is 11.3 Å². The number of carbonyl (C=O) groups is 1. The molecule has 1 fully saturated rings. The van der Waals surface area contributed by atoms with Gasteiger partial charge in [-0.1, -0.05) is 48.5 Å². The number of aryl methyl sites for hydroxylation is 1. The van der Waals surface area contributed by atoms with Gasteiger partial charge in [-0.2, -0.15) is 5.10 Å². The number of anilines is 1. The van der Waals surface area contributed by atoms with Crippen molar-refractivity contribution in [1.29, 1.82) is 0 Å². The second-order valence-corrected chi connectivity index (χ2v) is 11.7. The minimum absolute atomic E-state index is 0.233. The maximum absolute atomic E-state index is 13.4. The summed E-state index contributed by atoms with van der Waals surface area (Å²) in [4.78, 5) is 27.9. The molecule has 9 nitrogen and oxygen atoms in total. The van der Waals surface area contributed by atoms with Crippen LogP contribution < -0.4 is 10.9 Å². The van der Waals surface area contributed by atoms with Crippen molar-refractivity contribution in [2.75, 3.05) is 31.7 Å². The van der Waals surface area contributed by atoms with E-state index in [-0.39, 0.29) is 5.91 Å². The van der Waals surface area contributed by atoms with Crippen LogP contribution in [0.2, 0.25) is 0 Å². The first-order valence-corrected chi connectivity index (χ1v) is 15.1. The molecule has 1 aliphatic heterocycles. The largest absolute Gasteiger partial charge is 0.379 e. The Kier molecular flexibility index (Phi) is 6.93. The summed E-state index contributed by atoms with van der Waals surface area (Å²) in [6, 6.07) is 22.0. The van der Waals surface area contributed by atoms with E-state index in [1.807, 2.05) is 66.2 Å². The Morgan fingerprint density at radius 3 is 2.56 bits per heavy atom. The third-order valence-corrected chi connectivity index (χ3v) is 9.08. The zero-order valence-corrected chi connectivity index (χ0v) is 24.0. The molecule has 0 atom stereocenters. The predicted octanol–water partition coefficient (Wildman–Crippen LogP) is 5.66. The number of thiophene rings is 2. The van der Waals surface area contributed by atoms with Crippen molar-refractivity contribution in [2.45, 2.75) is 13.5 Å². The van der Waals surface area contributed by atoms with Gasteiger partial charge in [0.2, 0.25) is 0 Å². The normalized spacial score (nSPS) is 14.1. The molecule has 6 aromatic rings. The predicted molar refractivity (Wildman–Crippen MR) is 164 cm³/mol. The van der Waals surface area contributed by atoms with E-state index in [0.29, 0.717) is 36.3 Å². The molecule has 206 valence electrons. The van der Waals surface area contributed by atoms with Crippen molar-refractivity contribution in [3.8, 4) is 16.8 Å². The molecule has 41 heavy (non-hydrogen) atoms. The van der Waals surface area contributed by atoms with Gasteiger partial charge in [0.1, 0.15) is 15.5 Å². The van der Waals surface area contributed by atoms with E-state index in [1.165, 1.54) is 11.3 Å². The highest BCUT2D eigenvalue weighted by atomic mass is 32.1. The number of amides is 1. The molecule has 7 rings (SSSR count). The van der Waals surface area contributed by atoms with Crippen molar-refractivity contribution < 1.29 is 9.53 Å².